The van der Waals surface area contributed by atoms with Crippen molar-refractivity contribution in [3.8, 4) is 0 Å². The highest BCUT2D eigenvalue weighted by Crippen LogP contribution is 2.31. The van der Waals surface area contributed by atoms with Gasteiger partial charge >= 0.3 is 0 Å². The van der Waals surface area contributed by atoms with Crippen LogP contribution < -0.4 is 10.5 Å². The van der Waals surface area contributed by atoms with Crippen molar-refractivity contribution in [3.63, 3.8) is 0 Å². The molecular formula is C15H22N2O2S2. The zero-order valence-electron chi connectivity index (χ0n) is 12.5. The standard InChI is InChI=1S/C15H22N2O2S2/c1-11-6-7-13(12(2)10-11)21(18,19)17-15(14(16)20)8-4-3-5-9-15/h6-7,10,17H,3-5,8-9H2,1-2H3,(H2,16,20). The van der Waals surface area contributed by atoms with Crippen molar-refractivity contribution < 1.29 is 8.42 Å². The lowest BCUT2D eigenvalue weighted by molar-refractivity contribution is 0.353. The molecule has 1 aliphatic rings. The van der Waals surface area contributed by atoms with Gasteiger partial charge in [0.15, 0.2) is 0 Å². The fraction of sp³-hybridized carbons (Fsp3) is 0.533. The molecule has 1 aromatic rings. The topological polar surface area (TPSA) is 72.2 Å². The molecule has 21 heavy (non-hydrogen) atoms. The van der Waals surface area contributed by atoms with Crippen LogP contribution >= 0.6 is 12.2 Å². The van der Waals surface area contributed by atoms with E-state index >= 15 is 0 Å². The van der Waals surface area contributed by atoms with Gasteiger partial charge in [-0.05, 0) is 38.3 Å². The van der Waals surface area contributed by atoms with E-state index in [9.17, 15) is 8.42 Å². The summed E-state index contributed by atoms with van der Waals surface area (Å²) in [6.45, 7) is 3.74. The van der Waals surface area contributed by atoms with Gasteiger partial charge < -0.3 is 5.73 Å². The number of thiocarbonyl (C=S) groups is 1. The Morgan fingerprint density at radius 3 is 2.38 bits per heavy atom. The second-order valence-electron chi connectivity index (χ2n) is 5.88. The molecule has 0 spiro atoms. The minimum atomic E-state index is -3.63. The fourth-order valence-electron chi connectivity index (χ4n) is 2.97. The molecule has 0 amide bonds. The predicted octanol–water partition coefficient (Wildman–Crippen LogP) is 2.57. The van der Waals surface area contributed by atoms with Gasteiger partial charge in [0, 0.05) is 0 Å². The molecular weight excluding hydrogens is 304 g/mol. The average Bonchev–Trinajstić information content (AvgIpc) is 2.38. The van der Waals surface area contributed by atoms with E-state index in [-0.39, 0.29) is 4.99 Å². The van der Waals surface area contributed by atoms with E-state index in [2.05, 4.69) is 4.72 Å². The van der Waals surface area contributed by atoms with Gasteiger partial charge in [0.2, 0.25) is 10.0 Å². The van der Waals surface area contributed by atoms with Crippen molar-refractivity contribution >= 4 is 27.2 Å². The second-order valence-corrected chi connectivity index (χ2v) is 7.97. The van der Waals surface area contributed by atoms with E-state index < -0.39 is 15.6 Å². The molecule has 1 saturated carbocycles. The van der Waals surface area contributed by atoms with E-state index in [4.69, 9.17) is 18.0 Å². The number of nitrogens with two attached hydrogens (primary N) is 1. The Hall–Kier alpha value is -0.980. The number of aryl methyl sites for hydroxylation is 2. The zero-order chi connectivity index (χ0) is 15.7. The first-order chi connectivity index (χ1) is 9.77. The predicted molar refractivity (Wildman–Crippen MR) is 88.8 cm³/mol. The maximum atomic E-state index is 12.7. The van der Waals surface area contributed by atoms with E-state index in [1.165, 1.54) is 0 Å². The molecule has 2 rings (SSSR count). The monoisotopic (exact) mass is 326 g/mol. The van der Waals surface area contributed by atoms with Gasteiger partial charge in [0.25, 0.3) is 0 Å². The van der Waals surface area contributed by atoms with Crippen LogP contribution in [0.4, 0.5) is 0 Å². The molecule has 1 aliphatic carbocycles. The van der Waals surface area contributed by atoms with Crippen LogP contribution in [0.1, 0.15) is 43.2 Å². The van der Waals surface area contributed by atoms with Gasteiger partial charge in [-0.1, -0.05) is 49.2 Å². The molecule has 1 fully saturated rings. The summed E-state index contributed by atoms with van der Waals surface area (Å²) in [5, 5.41) is 0. The molecule has 6 heteroatoms. The van der Waals surface area contributed by atoms with Gasteiger partial charge in [-0.15, -0.1) is 0 Å². The van der Waals surface area contributed by atoms with Gasteiger partial charge in [-0.2, -0.15) is 4.72 Å². The van der Waals surface area contributed by atoms with Crippen LogP contribution in [0.3, 0.4) is 0 Å². The van der Waals surface area contributed by atoms with Crippen LogP contribution in [-0.4, -0.2) is 18.9 Å². The first-order valence-corrected chi connectivity index (χ1v) is 9.07. The number of nitrogens with one attached hydrogen (secondary N) is 1. The Morgan fingerprint density at radius 1 is 1.24 bits per heavy atom. The molecule has 0 bridgehead atoms. The van der Waals surface area contributed by atoms with Gasteiger partial charge in [0.1, 0.15) is 0 Å². The Kier molecular flexibility index (Phi) is 4.70. The third-order valence-corrected chi connectivity index (χ3v) is 6.22. The summed E-state index contributed by atoms with van der Waals surface area (Å²) in [7, 11) is -3.63. The van der Waals surface area contributed by atoms with Crippen molar-refractivity contribution in [3.05, 3.63) is 29.3 Å². The van der Waals surface area contributed by atoms with Crippen molar-refractivity contribution in [2.45, 2.75) is 56.4 Å². The molecule has 0 unspecified atom stereocenters. The van der Waals surface area contributed by atoms with E-state index in [1.807, 2.05) is 13.0 Å². The quantitative estimate of drug-likeness (QED) is 0.834. The maximum absolute atomic E-state index is 12.7. The summed E-state index contributed by atoms with van der Waals surface area (Å²) in [6, 6.07) is 5.31. The summed E-state index contributed by atoms with van der Waals surface area (Å²) >= 11 is 5.15. The van der Waals surface area contributed by atoms with Crippen molar-refractivity contribution in [1.29, 1.82) is 0 Å². The normalized spacial score (nSPS) is 18.4. The first kappa shape index (κ1) is 16.4. The lowest BCUT2D eigenvalue weighted by atomic mass is 9.82. The minimum Gasteiger partial charge on any atom is -0.392 e. The maximum Gasteiger partial charge on any atom is 0.241 e. The molecule has 0 radical (unpaired) electrons. The molecule has 3 N–H and O–H groups in total. The summed E-state index contributed by atoms with van der Waals surface area (Å²) in [5.41, 5.74) is 6.85. The van der Waals surface area contributed by atoms with E-state index in [1.54, 1.807) is 19.1 Å². The molecule has 0 aromatic heterocycles. The molecule has 116 valence electrons. The molecule has 0 aliphatic heterocycles. The number of rotatable bonds is 4. The Balaban J connectivity index is 2.37. The fourth-order valence-corrected chi connectivity index (χ4v) is 4.96. The summed E-state index contributed by atoms with van der Waals surface area (Å²) in [4.78, 5) is 0.546. The summed E-state index contributed by atoms with van der Waals surface area (Å²) < 4.78 is 28.2. The molecule has 4 nitrogen and oxygen atoms in total. The van der Waals surface area contributed by atoms with E-state index in [0.29, 0.717) is 17.7 Å². The van der Waals surface area contributed by atoms with Crippen LogP contribution in [0.5, 0.6) is 0 Å². The van der Waals surface area contributed by atoms with Crippen molar-refractivity contribution in [2.75, 3.05) is 0 Å². The summed E-state index contributed by atoms with van der Waals surface area (Å²) in [6.07, 6.45) is 4.31. The van der Waals surface area contributed by atoms with Crippen LogP contribution in [0.25, 0.3) is 0 Å². The van der Waals surface area contributed by atoms with Crippen LogP contribution in [-0.2, 0) is 10.0 Å². The Bertz CT molecular complexity index is 648. The molecule has 0 atom stereocenters. The number of benzene rings is 1. The van der Waals surface area contributed by atoms with Crippen LogP contribution in [0.2, 0.25) is 0 Å². The Labute approximate surface area is 132 Å². The number of hydrogen-bond donors (Lipinski definition) is 2. The molecule has 0 saturated heterocycles. The third kappa shape index (κ3) is 3.44. The SMILES string of the molecule is Cc1ccc(S(=O)(=O)NC2(C(N)=S)CCCCC2)c(C)c1. The number of sulfonamides is 1. The zero-order valence-corrected chi connectivity index (χ0v) is 14.1. The lowest BCUT2D eigenvalue weighted by Crippen LogP contribution is -2.57. The molecule has 0 heterocycles. The lowest BCUT2D eigenvalue weighted by Gasteiger charge is -2.36. The average molecular weight is 326 g/mol. The highest BCUT2D eigenvalue weighted by atomic mass is 32.2. The van der Waals surface area contributed by atoms with Gasteiger partial charge in [0.05, 0.1) is 15.4 Å². The molecule has 1 aromatic carbocycles. The Morgan fingerprint density at radius 2 is 1.86 bits per heavy atom. The van der Waals surface area contributed by atoms with E-state index in [0.717, 1.165) is 30.4 Å². The highest BCUT2D eigenvalue weighted by Gasteiger charge is 2.39. The van der Waals surface area contributed by atoms with Gasteiger partial charge in [-0.25, -0.2) is 8.42 Å². The second kappa shape index (κ2) is 6.02. The smallest absolute Gasteiger partial charge is 0.241 e. The van der Waals surface area contributed by atoms with Gasteiger partial charge in [-0.3, -0.25) is 0 Å². The van der Waals surface area contributed by atoms with Crippen molar-refractivity contribution in [2.24, 2.45) is 5.73 Å². The van der Waals surface area contributed by atoms with Crippen molar-refractivity contribution in [1.82, 2.24) is 4.72 Å². The minimum absolute atomic E-state index is 0.246. The third-order valence-electron chi connectivity index (χ3n) is 4.13. The highest BCUT2D eigenvalue weighted by molar-refractivity contribution is 7.89. The summed E-state index contributed by atoms with van der Waals surface area (Å²) in [5.74, 6) is 0. The largest absolute Gasteiger partial charge is 0.392 e. The first-order valence-electron chi connectivity index (χ1n) is 7.18. The van der Waals surface area contributed by atoms with Crippen LogP contribution in [0.15, 0.2) is 23.1 Å². The van der Waals surface area contributed by atoms with Crippen LogP contribution in [0, 0.1) is 13.8 Å². The number of hydrogen-bond acceptors (Lipinski definition) is 3.